The number of nitrogens with zero attached hydrogens (tertiary/aromatic N) is 4. The van der Waals surface area contributed by atoms with E-state index in [0.717, 1.165) is 35.1 Å². The number of para-hydroxylation sites is 1. The van der Waals surface area contributed by atoms with Crippen LogP contribution in [0.15, 0.2) is 48.5 Å². The van der Waals surface area contributed by atoms with E-state index in [9.17, 15) is 0 Å². The first-order valence-electron chi connectivity index (χ1n) is 9.10. The third kappa shape index (κ3) is 4.66. The van der Waals surface area contributed by atoms with Crippen molar-refractivity contribution in [3.8, 4) is 6.07 Å². The summed E-state index contributed by atoms with van der Waals surface area (Å²) in [7, 11) is 0. The zero-order valence-electron chi connectivity index (χ0n) is 15.5. The van der Waals surface area contributed by atoms with E-state index in [1.807, 2.05) is 42.5 Å². The molecule has 0 saturated carbocycles. The lowest BCUT2D eigenvalue weighted by Crippen LogP contribution is -2.20. The van der Waals surface area contributed by atoms with E-state index in [4.69, 9.17) is 15.2 Å². The Hall–Kier alpha value is -2.40. The highest BCUT2D eigenvalue weighted by molar-refractivity contribution is 14.1. The number of rotatable bonds is 7. The first-order valence-corrected chi connectivity index (χ1v) is 10.1. The minimum absolute atomic E-state index is 0.361. The van der Waals surface area contributed by atoms with Crippen molar-refractivity contribution in [3.63, 3.8) is 0 Å². The van der Waals surface area contributed by atoms with Crippen LogP contribution in [0, 0.1) is 11.3 Å². The zero-order chi connectivity index (χ0) is 19.2. The predicted octanol–water partition coefficient (Wildman–Crippen LogP) is 5.46. The molecule has 138 valence electrons. The van der Waals surface area contributed by atoms with Crippen LogP contribution in [0.2, 0.25) is 0 Å². The molecule has 0 aliphatic heterocycles. The summed E-state index contributed by atoms with van der Waals surface area (Å²) in [6.07, 6.45) is 2.06. The topological polar surface area (TPSA) is 64.8 Å². The molecule has 1 aromatic heterocycles. The van der Waals surface area contributed by atoms with Crippen LogP contribution in [0.5, 0.6) is 0 Å². The summed E-state index contributed by atoms with van der Waals surface area (Å²) in [5.74, 6) is 1.55. The second-order valence-electron chi connectivity index (χ2n) is 6.37. The van der Waals surface area contributed by atoms with Crippen molar-refractivity contribution < 1.29 is 0 Å². The molecule has 0 unspecified atom stereocenters. The van der Waals surface area contributed by atoms with Crippen LogP contribution in [-0.2, 0) is 6.54 Å². The third-order valence-corrected chi connectivity index (χ3v) is 5.33. The molecule has 0 spiro atoms. The lowest BCUT2D eigenvalue weighted by Gasteiger charge is -2.20. The van der Waals surface area contributed by atoms with Crippen molar-refractivity contribution in [1.29, 1.82) is 5.26 Å². The number of hydrogen-bond acceptors (Lipinski definition) is 5. The Morgan fingerprint density at radius 2 is 1.78 bits per heavy atom. The predicted molar refractivity (Wildman–Crippen MR) is 119 cm³/mol. The second-order valence-corrected chi connectivity index (χ2v) is 7.54. The highest BCUT2D eigenvalue weighted by Crippen LogP contribution is 2.29. The minimum atomic E-state index is 0.361. The van der Waals surface area contributed by atoms with E-state index < -0.39 is 0 Å². The maximum atomic E-state index is 8.96. The molecule has 0 atom stereocenters. The van der Waals surface area contributed by atoms with Crippen LogP contribution < -0.4 is 8.43 Å². The molecule has 0 saturated heterocycles. The van der Waals surface area contributed by atoms with E-state index in [-0.39, 0.29) is 0 Å². The van der Waals surface area contributed by atoms with Crippen molar-refractivity contribution in [2.45, 2.75) is 39.3 Å². The van der Waals surface area contributed by atoms with Crippen molar-refractivity contribution in [2.75, 3.05) is 8.43 Å². The van der Waals surface area contributed by atoms with Gasteiger partial charge < -0.3 is 5.32 Å². The Bertz CT molecular complexity index is 945. The molecule has 3 aromatic rings. The van der Waals surface area contributed by atoms with Gasteiger partial charge in [0.1, 0.15) is 0 Å². The molecule has 0 fully saturated rings. The van der Waals surface area contributed by atoms with Gasteiger partial charge in [-0.15, -0.1) is 0 Å². The summed E-state index contributed by atoms with van der Waals surface area (Å²) < 4.78 is 2.10. The number of aromatic nitrogens is 2. The van der Waals surface area contributed by atoms with Gasteiger partial charge in [0.25, 0.3) is 0 Å². The van der Waals surface area contributed by atoms with Gasteiger partial charge in [0.2, 0.25) is 5.95 Å². The normalized spacial score (nSPS) is 10.8. The Kier molecular flexibility index (Phi) is 6.45. The lowest BCUT2D eigenvalue weighted by molar-refractivity contribution is 0.665. The van der Waals surface area contributed by atoms with E-state index in [0.29, 0.717) is 24.1 Å². The highest BCUT2D eigenvalue weighted by atomic mass is 127. The van der Waals surface area contributed by atoms with Gasteiger partial charge in [-0.25, -0.2) is 4.98 Å². The average Bonchev–Trinajstić information content (AvgIpc) is 2.71. The summed E-state index contributed by atoms with van der Waals surface area (Å²) in [5, 5.41) is 13.4. The maximum Gasteiger partial charge on any atom is 0.225 e. The van der Waals surface area contributed by atoms with Gasteiger partial charge in [0, 0.05) is 11.4 Å². The Morgan fingerprint density at radius 1 is 1.07 bits per heavy atom. The summed E-state index contributed by atoms with van der Waals surface area (Å²) in [6.45, 7) is 5.02. The Labute approximate surface area is 173 Å². The van der Waals surface area contributed by atoms with E-state index in [2.05, 4.69) is 57.3 Å². The van der Waals surface area contributed by atoms with E-state index >= 15 is 0 Å². The molecular weight excluding hydrogens is 449 g/mol. The largest absolute Gasteiger partial charge is 0.351 e. The number of nitrogens with one attached hydrogen (secondary N) is 1. The highest BCUT2D eigenvalue weighted by Gasteiger charge is 2.15. The molecule has 0 aliphatic carbocycles. The summed E-state index contributed by atoms with van der Waals surface area (Å²) in [4.78, 5) is 9.51. The first kappa shape index (κ1) is 19.4. The fraction of sp³-hybridized carbons (Fsp3) is 0.286. The van der Waals surface area contributed by atoms with Crippen molar-refractivity contribution in [1.82, 2.24) is 9.97 Å². The standard InChI is InChI=1S/C21H22IN5/c1-3-17(4-2)24-21-25-19-8-6-5-7-18(19)20(26-21)27(22)14-16-11-9-15(13-23)10-12-16/h5-12,17H,3-4,14H2,1-2H3,(H,24,25,26). The van der Waals surface area contributed by atoms with Crippen LogP contribution in [0.1, 0.15) is 37.8 Å². The van der Waals surface area contributed by atoms with Crippen molar-refractivity contribution in [2.24, 2.45) is 0 Å². The van der Waals surface area contributed by atoms with Gasteiger partial charge in [-0.05, 0) is 42.7 Å². The number of halogens is 1. The summed E-state index contributed by atoms with van der Waals surface area (Å²) >= 11 is 2.30. The fourth-order valence-corrected chi connectivity index (χ4v) is 3.67. The van der Waals surface area contributed by atoms with Crippen molar-refractivity contribution in [3.05, 3.63) is 59.7 Å². The number of fused-ring (bicyclic) bond motifs is 1. The van der Waals surface area contributed by atoms with E-state index in [1.54, 1.807) is 0 Å². The van der Waals surface area contributed by atoms with Crippen LogP contribution in [0.3, 0.4) is 0 Å². The van der Waals surface area contributed by atoms with Crippen LogP contribution >= 0.6 is 22.9 Å². The van der Waals surface area contributed by atoms with Gasteiger partial charge in [-0.1, -0.05) is 38.1 Å². The van der Waals surface area contributed by atoms with Gasteiger partial charge in [-0.3, -0.25) is 3.11 Å². The van der Waals surface area contributed by atoms with Gasteiger partial charge in [-0.2, -0.15) is 10.2 Å². The second kappa shape index (κ2) is 9.00. The molecule has 27 heavy (non-hydrogen) atoms. The summed E-state index contributed by atoms with van der Waals surface area (Å²) in [5.41, 5.74) is 2.72. The van der Waals surface area contributed by atoms with Gasteiger partial charge in [0.15, 0.2) is 5.82 Å². The molecule has 0 aliphatic rings. The fourth-order valence-electron chi connectivity index (χ4n) is 2.90. The molecule has 2 aromatic carbocycles. The molecule has 3 rings (SSSR count). The Balaban J connectivity index is 1.94. The van der Waals surface area contributed by atoms with Gasteiger partial charge >= 0.3 is 0 Å². The van der Waals surface area contributed by atoms with Gasteiger partial charge in [0.05, 0.1) is 46.6 Å². The molecule has 5 nitrogen and oxygen atoms in total. The molecule has 1 heterocycles. The van der Waals surface area contributed by atoms with Crippen LogP contribution in [0.4, 0.5) is 11.8 Å². The molecular formula is C21H22IN5. The number of benzene rings is 2. The third-order valence-electron chi connectivity index (χ3n) is 4.54. The number of anilines is 2. The molecule has 1 N–H and O–H groups in total. The Morgan fingerprint density at radius 3 is 2.44 bits per heavy atom. The SMILES string of the molecule is CCC(CC)Nc1nc(N(I)Cc2ccc(C#N)cc2)c2ccccc2n1. The molecule has 0 amide bonds. The van der Waals surface area contributed by atoms with E-state index in [1.165, 1.54) is 0 Å². The van der Waals surface area contributed by atoms with Crippen LogP contribution in [0.25, 0.3) is 10.9 Å². The number of hydrogen-bond donors (Lipinski definition) is 1. The quantitative estimate of drug-likeness (QED) is 0.366. The van der Waals surface area contributed by atoms with Crippen LogP contribution in [-0.4, -0.2) is 16.0 Å². The molecule has 6 heteroatoms. The average molecular weight is 471 g/mol. The lowest BCUT2D eigenvalue weighted by atomic mass is 10.1. The monoisotopic (exact) mass is 471 g/mol. The number of nitriles is 1. The molecule has 0 bridgehead atoms. The molecule has 0 radical (unpaired) electrons. The maximum absolute atomic E-state index is 8.96. The summed E-state index contributed by atoms with van der Waals surface area (Å²) in [6, 6.07) is 18.3. The van der Waals surface area contributed by atoms with Crippen molar-refractivity contribution >= 4 is 45.5 Å². The first-order chi connectivity index (χ1) is 13.1. The smallest absolute Gasteiger partial charge is 0.225 e. The minimum Gasteiger partial charge on any atom is -0.351 e. The zero-order valence-corrected chi connectivity index (χ0v) is 17.6.